The van der Waals surface area contributed by atoms with E-state index in [0.29, 0.717) is 25.9 Å². The molecule has 0 aliphatic rings. The first-order valence-corrected chi connectivity index (χ1v) is 30.6. The van der Waals surface area contributed by atoms with Crippen LogP contribution >= 0.6 is 0 Å². The highest BCUT2D eigenvalue weighted by Gasteiger charge is 2.20. The van der Waals surface area contributed by atoms with Gasteiger partial charge in [-0.25, -0.2) is 0 Å². The van der Waals surface area contributed by atoms with E-state index in [4.69, 9.17) is 4.74 Å². The third-order valence-electron chi connectivity index (χ3n) is 14.3. The van der Waals surface area contributed by atoms with Crippen LogP contribution in [0.4, 0.5) is 0 Å². The van der Waals surface area contributed by atoms with Crippen molar-refractivity contribution < 1.29 is 24.5 Å². The molecular formula is C62H119NO5. The molecule has 0 spiro atoms. The second kappa shape index (κ2) is 57.9. The van der Waals surface area contributed by atoms with Crippen LogP contribution in [0.3, 0.4) is 0 Å². The maximum Gasteiger partial charge on any atom is 0.305 e. The van der Waals surface area contributed by atoms with Crippen molar-refractivity contribution in [3.63, 3.8) is 0 Å². The molecule has 0 bridgehead atoms. The van der Waals surface area contributed by atoms with Crippen molar-refractivity contribution in [2.45, 2.75) is 347 Å². The van der Waals surface area contributed by atoms with Crippen molar-refractivity contribution in [2.75, 3.05) is 13.2 Å². The summed E-state index contributed by atoms with van der Waals surface area (Å²) < 4.78 is 5.49. The Bertz CT molecular complexity index is 1060. The van der Waals surface area contributed by atoms with Gasteiger partial charge in [-0.05, 0) is 57.8 Å². The molecule has 0 heterocycles. The summed E-state index contributed by atoms with van der Waals surface area (Å²) in [5.41, 5.74) is 0. The van der Waals surface area contributed by atoms with Gasteiger partial charge in [0.15, 0.2) is 0 Å². The third-order valence-corrected chi connectivity index (χ3v) is 14.3. The molecule has 0 fully saturated rings. The number of aliphatic hydroxyl groups is 2. The van der Waals surface area contributed by atoms with E-state index in [9.17, 15) is 19.8 Å². The third kappa shape index (κ3) is 53.7. The van der Waals surface area contributed by atoms with E-state index >= 15 is 0 Å². The lowest BCUT2D eigenvalue weighted by atomic mass is 10.0. The van der Waals surface area contributed by atoms with E-state index in [1.807, 2.05) is 0 Å². The molecule has 0 aromatic rings. The van der Waals surface area contributed by atoms with Crippen molar-refractivity contribution >= 4 is 11.9 Å². The smallest absolute Gasteiger partial charge is 0.305 e. The van der Waals surface area contributed by atoms with Gasteiger partial charge in [-0.15, -0.1) is 0 Å². The van der Waals surface area contributed by atoms with Gasteiger partial charge in [-0.3, -0.25) is 9.59 Å². The number of hydrogen-bond donors (Lipinski definition) is 3. The molecular weight excluding hydrogens is 839 g/mol. The first kappa shape index (κ1) is 66.3. The second-order valence-electron chi connectivity index (χ2n) is 21.0. The molecule has 0 radical (unpaired) electrons. The summed E-state index contributed by atoms with van der Waals surface area (Å²) in [7, 11) is 0. The van der Waals surface area contributed by atoms with Gasteiger partial charge in [-0.1, -0.05) is 289 Å². The number of carbonyl (C=O) groups is 2. The number of carbonyl (C=O) groups excluding carboxylic acids is 2. The van der Waals surface area contributed by atoms with Crippen molar-refractivity contribution in [1.82, 2.24) is 5.32 Å². The standard InChI is InChI=1S/C62H119NO5/c1-3-5-7-9-11-13-15-16-17-25-29-32-36-40-44-48-52-56-62(67)68-57-53-49-45-41-37-33-30-27-24-22-20-18-19-21-23-26-28-31-35-39-43-47-51-55-61(66)63-59(58-64)60(65)54-50-46-42-38-34-14-12-10-8-6-4-2/h18,20-21,23,59-60,64-65H,3-17,19,22,24-58H2,1-2H3,(H,63,66)/b20-18-,23-21-. The van der Waals surface area contributed by atoms with Crippen molar-refractivity contribution in [3.05, 3.63) is 24.3 Å². The van der Waals surface area contributed by atoms with Gasteiger partial charge in [0.2, 0.25) is 5.91 Å². The maximum absolute atomic E-state index is 12.4. The Hall–Kier alpha value is -1.66. The van der Waals surface area contributed by atoms with E-state index in [2.05, 4.69) is 43.5 Å². The van der Waals surface area contributed by atoms with E-state index in [0.717, 1.165) is 51.4 Å². The lowest BCUT2D eigenvalue weighted by Gasteiger charge is -2.22. The normalized spacial score (nSPS) is 12.7. The van der Waals surface area contributed by atoms with Crippen LogP contribution in [0.1, 0.15) is 335 Å². The quantitative estimate of drug-likeness (QED) is 0.0321. The second-order valence-corrected chi connectivity index (χ2v) is 21.0. The summed E-state index contributed by atoms with van der Waals surface area (Å²) in [6.07, 6.45) is 70.5. The largest absolute Gasteiger partial charge is 0.466 e. The van der Waals surface area contributed by atoms with E-state index in [-0.39, 0.29) is 18.5 Å². The molecule has 0 saturated carbocycles. The molecule has 0 aliphatic heterocycles. The fourth-order valence-electron chi connectivity index (χ4n) is 9.55. The number of allylic oxidation sites excluding steroid dienone is 4. The van der Waals surface area contributed by atoms with Gasteiger partial charge >= 0.3 is 5.97 Å². The van der Waals surface area contributed by atoms with Crippen LogP contribution < -0.4 is 5.32 Å². The van der Waals surface area contributed by atoms with Gasteiger partial charge in [0, 0.05) is 12.8 Å². The highest BCUT2D eigenvalue weighted by atomic mass is 16.5. The van der Waals surface area contributed by atoms with Gasteiger partial charge < -0.3 is 20.3 Å². The van der Waals surface area contributed by atoms with Gasteiger partial charge in [-0.2, -0.15) is 0 Å². The molecule has 68 heavy (non-hydrogen) atoms. The predicted octanol–water partition coefficient (Wildman–Crippen LogP) is 19.0. The number of unbranched alkanes of at least 4 members (excludes halogenated alkanes) is 42. The SMILES string of the molecule is CCCCCCCCCCCCCCCCCCCC(=O)OCCCCCCCCCCC/C=C\C/C=C\CCCCCCCCCC(=O)NC(CO)C(O)CCCCCCCCCCCCC. The Morgan fingerprint density at radius 2 is 0.735 bits per heavy atom. The molecule has 0 saturated heterocycles. The number of nitrogens with one attached hydrogen (secondary N) is 1. The number of hydrogen-bond acceptors (Lipinski definition) is 5. The van der Waals surface area contributed by atoms with Crippen LogP contribution in [0.5, 0.6) is 0 Å². The Morgan fingerprint density at radius 3 is 1.12 bits per heavy atom. The van der Waals surface area contributed by atoms with Gasteiger partial charge in [0.05, 0.1) is 25.4 Å². The molecule has 0 rings (SSSR count). The lowest BCUT2D eigenvalue weighted by Crippen LogP contribution is -2.45. The molecule has 6 nitrogen and oxygen atoms in total. The molecule has 402 valence electrons. The lowest BCUT2D eigenvalue weighted by molar-refractivity contribution is -0.143. The Balaban J connectivity index is 3.41. The molecule has 0 aromatic heterocycles. The molecule has 3 N–H and O–H groups in total. The minimum Gasteiger partial charge on any atom is -0.466 e. The van der Waals surface area contributed by atoms with Crippen molar-refractivity contribution in [3.8, 4) is 0 Å². The predicted molar refractivity (Wildman–Crippen MR) is 296 cm³/mol. The van der Waals surface area contributed by atoms with Crippen LogP contribution in [0.25, 0.3) is 0 Å². The van der Waals surface area contributed by atoms with E-state index in [1.165, 1.54) is 250 Å². The fraction of sp³-hybridized carbons (Fsp3) is 0.903. The summed E-state index contributed by atoms with van der Waals surface area (Å²) in [4.78, 5) is 24.5. The van der Waals surface area contributed by atoms with Crippen LogP contribution in [-0.2, 0) is 14.3 Å². The number of ether oxygens (including phenoxy) is 1. The average Bonchev–Trinajstić information content (AvgIpc) is 3.34. The minimum atomic E-state index is -0.669. The van der Waals surface area contributed by atoms with E-state index in [1.54, 1.807) is 0 Å². The maximum atomic E-state index is 12.4. The number of aliphatic hydroxyl groups excluding tert-OH is 2. The zero-order valence-electron chi connectivity index (χ0n) is 45.9. The number of esters is 1. The zero-order chi connectivity index (χ0) is 49.3. The number of amides is 1. The first-order chi connectivity index (χ1) is 33.5. The van der Waals surface area contributed by atoms with Crippen molar-refractivity contribution in [2.24, 2.45) is 0 Å². The van der Waals surface area contributed by atoms with Crippen LogP contribution in [0.15, 0.2) is 24.3 Å². The van der Waals surface area contributed by atoms with Gasteiger partial charge in [0.1, 0.15) is 0 Å². The molecule has 6 heteroatoms. The van der Waals surface area contributed by atoms with Crippen LogP contribution in [-0.4, -0.2) is 47.4 Å². The molecule has 2 atom stereocenters. The summed E-state index contributed by atoms with van der Waals surface area (Å²) in [5.74, 6) is -0.0345. The highest BCUT2D eigenvalue weighted by molar-refractivity contribution is 5.76. The average molecular weight is 959 g/mol. The monoisotopic (exact) mass is 958 g/mol. The first-order valence-electron chi connectivity index (χ1n) is 30.6. The summed E-state index contributed by atoms with van der Waals surface area (Å²) in [6.45, 7) is 4.95. The van der Waals surface area contributed by atoms with Crippen LogP contribution in [0, 0.1) is 0 Å². The highest BCUT2D eigenvalue weighted by Crippen LogP contribution is 2.17. The Morgan fingerprint density at radius 1 is 0.412 bits per heavy atom. The minimum absolute atomic E-state index is 0.0112. The molecule has 2 unspecified atom stereocenters. The summed E-state index contributed by atoms with van der Waals surface area (Å²) in [6, 6.07) is -0.547. The van der Waals surface area contributed by atoms with Crippen LogP contribution in [0.2, 0.25) is 0 Å². The Labute approximate surface area is 424 Å². The van der Waals surface area contributed by atoms with Crippen molar-refractivity contribution in [1.29, 1.82) is 0 Å². The molecule has 1 amide bonds. The Kier molecular flexibility index (Phi) is 56.5. The zero-order valence-corrected chi connectivity index (χ0v) is 45.9. The van der Waals surface area contributed by atoms with E-state index < -0.39 is 12.1 Å². The topological polar surface area (TPSA) is 95.9 Å². The molecule has 0 aromatic carbocycles. The number of rotatable bonds is 57. The fourth-order valence-corrected chi connectivity index (χ4v) is 9.55. The summed E-state index contributed by atoms with van der Waals surface area (Å²) >= 11 is 0. The molecule has 0 aliphatic carbocycles. The summed E-state index contributed by atoms with van der Waals surface area (Å²) in [5, 5.41) is 23.2. The van der Waals surface area contributed by atoms with Gasteiger partial charge in [0.25, 0.3) is 0 Å².